The lowest BCUT2D eigenvalue weighted by Crippen LogP contribution is -2.34. The number of hydrogen-bond donors (Lipinski definition) is 3. The summed E-state index contributed by atoms with van der Waals surface area (Å²) >= 11 is 0. The first-order valence-corrected chi connectivity index (χ1v) is 8.16. The van der Waals surface area contributed by atoms with Crippen LogP contribution in [0.2, 0.25) is 0 Å². The maximum atomic E-state index is 12.0. The van der Waals surface area contributed by atoms with Crippen LogP contribution in [0, 0.1) is 18.8 Å². The molecule has 1 rings (SSSR count). The quantitative estimate of drug-likeness (QED) is 0.510. The van der Waals surface area contributed by atoms with E-state index >= 15 is 0 Å². The minimum absolute atomic E-state index is 0.119. The topological polar surface area (TPSA) is 95.5 Å². The second kappa shape index (κ2) is 7.78. The third-order valence-electron chi connectivity index (χ3n) is 2.50. The van der Waals surface area contributed by atoms with E-state index in [1.54, 1.807) is 18.2 Å². The van der Waals surface area contributed by atoms with E-state index < -0.39 is 10.0 Å². The van der Waals surface area contributed by atoms with Crippen molar-refractivity contribution < 1.29 is 18.3 Å². The molecule has 0 saturated carbocycles. The van der Waals surface area contributed by atoms with E-state index in [0.717, 1.165) is 11.8 Å². The summed E-state index contributed by atoms with van der Waals surface area (Å²) in [5.74, 6) is 4.89. The van der Waals surface area contributed by atoms with Gasteiger partial charge in [0.1, 0.15) is 6.61 Å². The van der Waals surface area contributed by atoms with Crippen LogP contribution in [0.5, 0.6) is 0 Å². The van der Waals surface area contributed by atoms with Gasteiger partial charge in [-0.15, -0.1) is 0 Å². The van der Waals surface area contributed by atoms with E-state index in [1.807, 2.05) is 6.92 Å². The SMILES string of the molecule is Cc1ccc(C(=O)NCCNS(C)(=O)=O)c(C#CCO)c1. The smallest absolute Gasteiger partial charge is 0.252 e. The van der Waals surface area contributed by atoms with Gasteiger partial charge in [0.2, 0.25) is 10.0 Å². The number of aliphatic hydroxyl groups excluding tert-OH is 1. The minimum Gasteiger partial charge on any atom is -0.384 e. The molecule has 0 spiro atoms. The number of hydrogen-bond acceptors (Lipinski definition) is 4. The maximum Gasteiger partial charge on any atom is 0.252 e. The zero-order valence-electron chi connectivity index (χ0n) is 11.9. The van der Waals surface area contributed by atoms with Crippen LogP contribution in [0.1, 0.15) is 21.5 Å². The fourth-order valence-corrected chi connectivity index (χ4v) is 2.07. The molecule has 1 amide bonds. The van der Waals surface area contributed by atoms with Gasteiger partial charge >= 0.3 is 0 Å². The monoisotopic (exact) mass is 310 g/mol. The van der Waals surface area contributed by atoms with Gasteiger partial charge in [0.15, 0.2) is 0 Å². The molecule has 0 aliphatic carbocycles. The van der Waals surface area contributed by atoms with Crippen LogP contribution in [-0.2, 0) is 10.0 Å². The highest BCUT2D eigenvalue weighted by atomic mass is 32.2. The zero-order chi connectivity index (χ0) is 15.9. The average molecular weight is 310 g/mol. The second-order valence-electron chi connectivity index (χ2n) is 4.43. The van der Waals surface area contributed by atoms with Crippen molar-refractivity contribution in [3.63, 3.8) is 0 Å². The van der Waals surface area contributed by atoms with Gasteiger partial charge in [0.05, 0.1) is 11.8 Å². The van der Waals surface area contributed by atoms with Crippen molar-refractivity contribution >= 4 is 15.9 Å². The van der Waals surface area contributed by atoms with Gasteiger partial charge in [0.25, 0.3) is 5.91 Å². The standard InChI is InChI=1S/C14H18N2O4S/c1-11-5-6-13(12(10-11)4-3-9-17)14(18)15-7-8-16-21(2,19)20/h5-6,10,16-17H,7-9H2,1-2H3,(H,15,18). The fourth-order valence-electron chi connectivity index (χ4n) is 1.60. The van der Waals surface area contributed by atoms with Crippen LogP contribution >= 0.6 is 0 Å². The Morgan fingerprint density at radius 1 is 1.33 bits per heavy atom. The Morgan fingerprint density at radius 2 is 2.05 bits per heavy atom. The number of benzene rings is 1. The van der Waals surface area contributed by atoms with Gasteiger partial charge in [-0.25, -0.2) is 13.1 Å². The Hall–Kier alpha value is -1.88. The van der Waals surface area contributed by atoms with Crippen LogP contribution < -0.4 is 10.0 Å². The molecule has 0 aliphatic rings. The van der Waals surface area contributed by atoms with Gasteiger partial charge in [-0.2, -0.15) is 0 Å². The summed E-state index contributed by atoms with van der Waals surface area (Å²) in [6.07, 6.45) is 1.05. The molecule has 1 aromatic carbocycles. The zero-order valence-corrected chi connectivity index (χ0v) is 12.8. The highest BCUT2D eigenvalue weighted by Gasteiger charge is 2.10. The molecule has 0 radical (unpaired) electrons. The molecule has 0 saturated heterocycles. The minimum atomic E-state index is -3.26. The Kier molecular flexibility index (Phi) is 6.37. The van der Waals surface area contributed by atoms with Crippen molar-refractivity contribution in [1.29, 1.82) is 0 Å². The molecule has 3 N–H and O–H groups in total. The van der Waals surface area contributed by atoms with E-state index in [2.05, 4.69) is 21.9 Å². The number of carbonyl (C=O) groups is 1. The van der Waals surface area contributed by atoms with Crippen LogP contribution in [0.4, 0.5) is 0 Å². The predicted molar refractivity (Wildman–Crippen MR) is 80.3 cm³/mol. The number of aryl methyl sites for hydroxylation is 1. The molecule has 0 heterocycles. The Bertz CT molecular complexity index is 672. The van der Waals surface area contributed by atoms with Crippen LogP contribution in [0.3, 0.4) is 0 Å². The van der Waals surface area contributed by atoms with E-state index in [1.165, 1.54) is 0 Å². The number of nitrogens with one attached hydrogen (secondary N) is 2. The van der Waals surface area contributed by atoms with Crippen LogP contribution in [0.15, 0.2) is 18.2 Å². The Labute approximate surface area is 124 Å². The number of rotatable bonds is 5. The van der Waals surface area contributed by atoms with E-state index in [4.69, 9.17) is 5.11 Å². The normalized spacial score (nSPS) is 10.6. The molecule has 7 heteroatoms. The molecule has 1 aromatic rings. The number of carbonyl (C=O) groups excluding carboxylic acids is 1. The van der Waals surface area contributed by atoms with Crippen molar-refractivity contribution in [3.8, 4) is 11.8 Å². The Balaban J connectivity index is 2.74. The first-order chi connectivity index (χ1) is 9.83. The lowest BCUT2D eigenvalue weighted by Gasteiger charge is -2.08. The Morgan fingerprint density at radius 3 is 2.67 bits per heavy atom. The van der Waals surface area contributed by atoms with Crippen molar-refractivity contribution in [2.45, 2.75) is 6.92 Å². The molecular formula is C14H18N2O4S. The average Bonchev–Trinajstić information content (AvgIpc) is 2.40. The molecular weight excluding hydrogens is 292 g/mol. The largest absolute Gasteiger partial charge is 0.384 e. The highest BCUT2D eigenvalue weighted by Crippen LogP contribution is 2.10. The summed E-state index contributed by atoms with van der Waals surface area (Å²) in [4.78, 5) is 12.0. The van der Waals surface area contributed by atoms with Gasteiger partial charge in [0, 0.05) is 18.7 Å². The molecule has 0 unspecified atom stereocenters. The second-order valence-corrected chi connectivity index (χ2v) is 6.26. The molecule has 21 heavy (non-hydrogen) atoms. The van der Waals surface area contributed by atoms with E-state index in [-0.39, 0.29) is 25.6 Å². The lowest BCUT2D eigenvalue weighted by molar-refractivity contribution is 0.0954. The third-order valence-corrected chi connectivity index (χ3v) is 3.23. The van der Waals surface area contributed by atoms with Crippen LogP contribution in [-0.4, -0.2) is 45.4 Å². The summed E-state index contributed by atoms with van der Waals surface area (Å²) in [5.41, 5.74) is 1.87. The van der Waals surface area contributed by atoms with Crippen molar-refractivity contribution in [2.24, 2.45) is 0 Å². The summed E-state index contributed by atoms with van der Waals surface area (Å²) in [7, 11) is -3.26. The number of amides is 1. The predicted octanol–water partition coefficient (Wildman–Crippen LogP) is -0.382. The first-order valence-electron chi connectivity index (χ1n) is 6.26. The third kappa shape index (κ3) is 6.40. The molecule has 0 aromatic heterocycles. The summed E-state index contributed by atoms with van der Waals surface area (Å²) in [5, 5.41) is 11.3. The number of aliphatic hydroxyl groups is 1. The molecule has 0 aliphatic heterocycles. The molecule has 0 fully saturated rings. The van der Waals surface area contributed by atoms with Crippen molar-refractivity contribution in [2.75, 3.05) is 26.0 Å². The molecule has 114 valence electrons. The van der Waals surface area contributed by atoms with Gasteiger partial charge in [-0.3, -0.25) is 4.79 Å². The summed E-state index contributed by atoms with van der Waals surface area (Å²) in [6.45, 7) is 1.88. The van der Waals surface area contributed by atoms with Crippen molar-refractivity contribution in [3.05, 3.63) is 34.9 Å². The van der Waals surface area contributed by atoms with Crippen molar-refractivity contribution in [1.82, 2.24) is 10.0 Å². The summed E-state index contributed by atoms with van der Waals surface area (Å²) < 4.78 is 24.1. The molecule has 0 bridgehead atoms. The fraction of sp³-hybridized carbons (Fsp3) is 0.357. The van der Waals surface area contributed by atoms with E-state index in [9.17, 15) is 13.2 Å². The van der Waals surface area contributed by atoms with Gasteiger partial charge < -0.3 is 10.4 Å². The highest BCUT2D eigenvalue weighted by molar-refractivity contribution is 7.88. The maximum absolute atomic E-state index is 12.0. The van der Waals surface area contributed by atoms with Gasteiger partial charge in [-0.05, 0) is 24.6 Å². The van der Waals surface area contributed by atoms with E-state index in [0.29, 0.717) is 11.1 Å². The molecule has 6 nitrogen and oxygen atoms in total. The summed E-state index contributed by atoms with van der Waals surface area (Å²) in [6, 6.07) is 5.19. The van der Waals surface area contributed by atoms with Gasteiger partial charge in [-0.1, -0.05) is 17.9 Å². The van der Waals surface area contributed by atoms with Crippen LogP contribution in [0.25, 0.3) is 0 Å². The number of sulfonamides is 1. The molecule has 0 atom stereocenters. The first kappa shape index (κ1) is 17.2. The lowest BCUT2D eigenvalue weighted by atomic mass is 10.0.